The number of anilines is 2. The van der Waals surface area contributed by atoms with Crippen molar-refractivity contribution < 1.29 is 18.4 Å². The standard InChI is InChI=1S/C14H19F2N5O2/c15-14(16)5-1-7-21(8-2-6-14)11-4-3-10(9-18-11)19-12(22)13(23)20-17/h3-4,9H,1-2,5-8,17H2,(H,19,22)(H,20,23). The van der Waals surface area contributed by atoms with Crippen molar-refractivity contribution in [3.05, 3.63) is 18.3 Å². The predicted octanol–water partition coefficient (Wildman–Crippen LogP) is 1.03. The minimum Gasteiger partial charge on any atom is -0.357 e. The smallest absolute Gasteiger partial charge is 0.323 e. The van der Waals surface area contributed by atoms with Gasteiger partial charge in [-0.2, -0.15) is 0 Å². The summed E-state index contributed by atoms with van der Waals surface area (Å²) in [4.78, 5) is 28.5. The van der Waals surface area contributed by atoms with E-state index in [1.54, 1.807) is 17.6 Å². The lowest BCUT2D eigenvalue weighted by atomic mass is 10.0. The van der Waals surface area contributed by atoms with Crippen LogP contribution in [0.1, 0.15) is 25.7 Å². The number of nitrogens with zero attached hydrogens (tertiary/aromatic N) is 2. The van der Waals surface area contributed by atoms with Crippen molar-refractivity contribution in [2.45, 2.75) is 31.6 Å². The van der Waals surface area contributed by atoms with Gasteiger partial charge in [0.25, 0.3) is 0 Å². The number of pyridine rings is 1. The molecule has 0 saturated carbocycles. The Hall–Kier alpha value is -2.29. The first kappa shape index (κ1) is 17.1. The number of carbonyl (C=O) groups is 2. The summed E-state index contributed by atoms with van der Waals surface area (Å²) in [5.41, 5.74) is 2.07. The summed E-state index contributed by atoms with van der Waals surface area (Å²) in [5, 5.41) is 2.34. The Morgan fingerprint density at radius 2 is 1.83 bits per heavy atom. The highest BCUT2D eigenvalue weighted by Crippen LogP contribution is 2.29. The van der Waals surface area contributed by atoms with Gasteiger partial charge in [0.15, 0.2) is 0 Å². The molecule has 0 atom stereocenters. The molecule has 2 heterocycles. The molecule has 1 aromatic heterocycles. The van der Waals surface area contributed by atoms with E-state index in [2.05, 4.69) is 10.3 Å². The fraction of sp³-hybridized carbons (Fsp3) is 0.500. The van der Waals surface area contributed by atoms with E-state index in [0.717, 1.165) is 0 Å². The summed E-state index contributed by atoms with van der Waals surface area (Å²) in [5.74, 6) is 1.08. The number of hydrogen-bond acceptors (Lipinski definition) is 5. The lowest BCUT2D eigenvalue weighted by Crippen LogP contribution is -2.39. The number of amides is 2. The first-order chi connectivity index (χ1) is 10.9. The van der Waals surface area contributed by atoms with Crippen molar-refractivity contribution in [3.8, 4) is 0 Å². The number of hydrazine groups is 1. The molecule has 1 aliphatic heterocycles. The Labute approximate surface area is 132 Å². The van der Waals surface area contributed by atoms with Crippen molar-refractivity contribution in [1.82, 2.24) is 10.4 Å². The zero-order valence-corrected chi connectivity index (χ0v) is 12.5. The number of alkyl halides is 2. The number of aromatic nitrogens is 1. The second-order valence-corrected chi connectivity index (χ2v) is 5.38. The van der Waals surface area contributed by atoms with Gasteiger partial charge in [-0.3, -0.25) is 15.0 Å². The molecular weight excluding hydrogens is 308 g/mol. The normalized spacial score (nSPS) is 17.8. The van der Waals surface area contributed by atoms with Gasteiger partial charge >= 0.3 is 11.8 Å². The molecule has 1 saturated heterocycles. The van der Waals surface area contributed by atoms with Crippen LogP contribution in [0.4, 0.5) is 20.3 Å². The predicted molar refractivity (Wildman–Crippen MR) is 80.8 cm³/mol. The molecule has 0 unspecified atom stereocenters. The molecule has 0 bridgehead atoms. The van der Waals surface area contributed by atoms with Crippen LogP contribution in [0.25, 0.3) is 0 Å². The summed E-state index contributed by atoms with van der Waals surface area (Å²) in [6.07, 6.45) is 1.95. The molecule has 2 rings (SSSR count). The molecule has 4 N–H and O–H groups in total. The van der Waals surface area contributed by atoms with Gasteiger partial charge in [-0.15, -0.1) is 0 Å². The van der Waals surface area contributed by atoms with Gasteiger partial charge in [-0.25, -0.2) is 19.6 Å². The van der Waals surface area contributed by atoms with E-state index in [1.807, 2.05) is 4.90 Å². The largest absolute Gasteiger partial charge is 0.357 e. The molecule has 1 aliphatic rings. The highest BCUT2D eigenvalue weighted by molar-refractivity contribution is 6.39. The summed E-state index contributed by atoms with van der Waals surface area (Å²) in [7, 11) is 0. The van der Waals surface area contributed by atoms with Crippen LogP contribution in [-0.4, -0.2) is 35.8 Å². The minimum absolute atomic E-state index is 0.119. The average molecular weight is 327 g/mol. The molecule has 2 amide bonds. The quantitative estimate of drug-likeness (QED) is 0.326. The number of halogens is 2. The van der Waals surface area contributed by atoms with Crippen LogP contribution in [0.2, 0.25) is 0 Å². The van der Waals surface area contributed by atoms with E-state index in [9.17, 15) is 18.4 Å². The fourth-order valence-electron chi connectivity index (χ4n) is 2.42. The molecule has 1 fully saturated rings. The molecule has 1 aromatic rings. The second-order valence-electron chi connectivity index (χ2n) is 5.38. The van der Waals surface area contributed by atoms with Crippen LogP contribution in [0, 0.1) is 0 Å². The summed E-state index contributed by atoms with van der Waals surface area (Å²) >= 11 is 0. The van der Waals surface area contributed by atoms with Crippen molar-refractivity contribution in [2.75, 3.05) is 23.3 Å². The van der Waals surface area contributed by atoms with Crippen molar-refractivity contribution in [1.29, 1.82) is 0 Å². The molecule has 0 aliphatic carbocycles. The molecule has 0 aromatic carbocycles. The highest BCUT2D eigenvalue weighted by atomic mass is 19.3. The number of hydrogen-bond donors (Lipinski definition) is 3. The highest BCUT2D eigenvalue weighted by Gasteiger charge is 2.30. The first-order valence-corrected chi connectivity index (χ1v) is 7.32. The van der Waals surface area contributed by atoms with Crippen LogP contribution in [0.15, 0.2) is 18.3 Å². The molecule has 0 spiro atoms. The van der Waals surface area contributed by atoms with Crippen LogP contribution >= 0.6 is 0 Å². The average Bonchev–Trinajstić information content (AvgIpc) is 2.51. The maximum Gasteiger partial charge on any atom is 0.323 e. The zero-order chi connectivity index (χ0) is 16.9. The monoisotopic (exact) mass is 327 g/mol. The number of nitrogens with two attached hydrogens (primary N) is 1. The van der Waals surface area contributed by atoms with Crippen molar-refractivity contribution in [3.63, 3.8) is 0 Å². The molecule has 126 valence electrons. The third kappa shape index (κ3) is 4.85. The van der Waals surface area contributed by atoms with Gasteiger partial charge in [-0.05, 0) is 25.0 Å². The fourth-order valence-corrected chi connectivity index (χ4v) is 2.42. The van der Waals surface area contributed by atoms with Crippen molar-refractivity contribution >= 4 is 23.3 Å². The van der Waals surface area contributed by atoms with E-state index in [-0.39, 0.29) is 12.8 Å². The van der Waals surface area contributed by atoms with Crippen LogP contribution in [0.5, 0.6) is 0 Å². The third-order valence-corrected chi connectivity index (χ3v) is 3.61. The van der Waals surface area contributed by atoms with E-state index in [1.165, 1.54) is 6.20 Å². The summed E-state index contributed by atoms with van der Waals surface area (Å²) < 4.78 is 26.7. The Morgan fingerprint density at radius 1 is 1.17 bits per heavy atom. The summed E-state index contributed by atoms with van der Waals surface area (Å²) in [6.45, 7) is 1.01. The van der Waals surface area contributed by atoms with Gasteiger partial charge in [0.1, 0.15) is 5.82 Å². The first-order valence-electron chi connectivity index (χ1n) is 7.32. The van der Waals surface area contributed by atoms with Crippen LogP contribution in [0.3, 0.4) is 0 Å². The maximum atomic E-state index is 13.3. The summed E-state index contributed by atoms with van der Waals surface area (Å²) in [6, 6.07) is 3.27. The van der Waals surface area contributed by atoms with E-state index >= 15 is 0 Å². The maximum absolute atomic E-state index is 13.3. The van der Waals surface area contributed by atoms with Gasteiger partial charge < -0.3 is 10.2 Å². The SMILES string of the molecule is NNC(=O)C(=O)Nc1ccc(N2CCCC(F)(F)CCC2)nc1. The van der Waals surface area contributed by atoms with E-state index < -0.39 is 17.7 Å². The Bertz CT molecular complexity index is 553. The number of carbonyl (C=O) groups excluding carboxylic acids is 2. The molecule has 0 radical (unpaired) electrons. The van der Waals surface area contributed by atoms with Crippen LogP contribution in [-0.2, 0) is 9.59 Å². The Kier molecular flexibility index (Phi) is 5.43. The topological polar surface area (TPSA) is 100 Å². The Balaban J connectivity index is 1.96. The van der Waals surface area contributed by atoms with E-state index in [0.29, 0.717) is 37.4 Å². The molecule has 7 nitrogen and oxygen atoms in total. The zero-order valence-electron chi connectivity index (χ0n) is 12.5. The van der Waals surface area contributed by atoms with Gasteiger partial charge in [0.2, 0.25) is 5.92 Å². The van der Waals surface area contributed by atoms with Gasteiger partial charge in [-0.1, -0.05) is 0 Å². The lowest BCUT2D eigenvalue weighted by molar-refractivity contribution is -0.136. The second kappa shape index (κ2) is 7.32. The molecule has 9 heteroatoms. The molecular formula is C14H19F2N5O2. The van der Waals surface area contributed by atoms with Gasteiger partial charge in [0, 0.05) is 25.9 Å². The van der Waals surface area contributed by atoms with E-state index in [4.69, 9.17) is 5.84 Å². The minimum atomic E-state index is -2.57. The lowest BCUT2D eigenvalue weighted by Gasteiger charge is -2.28. The molecule has 23 heavy (non-hydrogen) atoms. The van der Waals surface area contributed by atoms with Crippen LogP contribution < -0.4 is 21.5 Å². The number of nitrogens with one attached hydrogen (secondary N) is 2. The Morgan fingerprint density at radius 3 is 2.35 bits per heavy atom. The van der Waals surface area contributed by atoms with Crippen molar-refractivity contribution in [2.24, 2.45) is 5.84 Å². The van der Waals surface area contributed by atoms with Gasteiger partial charge in [0.05, 0.1) is 11.9 Å². The number of rotatable bonds is 2. The third-order valence-electron chi connectivity index (χ3n) is 3.61.